The Labute approximate surface area is 112 Å². The van der Waals surface area contributed by atoms with Crippen LogP contribution in [0.3, 0.4) is 0 Å². The van der Waals surface area contributed by atoms with Gasteiger partial charge in [0.05, 0.1) is 5.60 Å². The van der Waals surface area contributed by atoms with Crippen molar-refractivity contribution in [3.8, 4) is 11.5 Å². The highest BCUT2D eigenvalue weighted by Gasteiger charge is 2.41. The van der Waals surface area contributed by atoms with Crippen molar-refractivity contribution < 1.29 is 14.6 Å². The summed E-state index contributed by atoms with van der Waals surface area (Å²) in [6.45, 7) is 3.21. The standard InChI is InChI=1S/C14H17ClO3/c1-2-9-10(8-14(16)3-4-14)11(15)7-12-13(9)18-6-5-17-12/h7,16H,2-6,8H2,1H3. The number of aliphatic hydroxyl groups is 1. The van der Waals surface area contributed by atoms with Crippen LogP contribution in [0.25, 0.3) is 0 Å². The van der Waals surface area contributed by atoms with Crippen LogP contribution in [0.15, 0.2) is 6.07 Å². The molecule has 3 nitrogen and oxygen atoms in total. The molecule has 0 bridgehead atoms. The zero-order chi connectivity index (χ0) is 12.8. The van der Waals surface area contributed by atoms with Gasteiger partial charge < -0.3 is 14.6 Å². The van der Waals surface area contributed by atoms with Crippen molar-refractivity contribution in [1.29, 1.82) is 0 Å². The van der Waals surface area contributed by atoms with Gasteiger partial charge >= 0.3 is 0 Å². The summed E-state index contributed by atoms with van der Waals surface area (Å²) in [5, 5.41) is 10.8. The molecule has 1 saturated carbocycles. The molecule has 0 amide bonds. The predicted octanol–water partition coefficient (Wildman–Crippen LogP) is 2.74. The predicted molar refractivity (Wildman–Crippen MR) is 69.7 cm³/mol. The molecule has 18 heavy (non-hydrogen) atoms. The van der Waals surface area contributed by atoms with Crippen molar-refractivity contribution in [1.82, 2.24) is 0 Å². The molecule has 1 heterocycles. The van der Waals surface area contributed by atoms with Gasteiger partial charge in [-0.2, -0.15) is 0 Å². The smallest absolute Gasteiger partial charge is 0.164 e. The molecule has 2 aliphatic rings. The monoisotopic (exact) mass is 268 g/mol. The molecular weight excluding hydrogens is 252 g/mol. The Bertz CT molecular complexity index is 480. The number of benzene rings is 1. The lowest BCUT2D eigenvalue weighted by Gasteiger charge is -2.24. The van der Waals surface area contributed by atoms with Crippen molar-refractivity contribution in [3.63, 3.8) is 0 Å². The number of halogens is 1. The summed E-state index contributed by atoms with van der Waals surface area (Å²) >= 11 is 6.33. The lowest BCUT2D eigenvalue weighted by Crippen LogP contribution is -2.19. The van der Waals surface area contributed by atoms with E-state index in [0.717, 1.165) is 41.9 Å². The van der Waals surface area contributed by atoms with E-state index in [0.29, 0.717) is 24.7 Å². The zero-order valence-electron chi connectivity index (χ0n) is 10.5. The maximum Gasteiger partial charge on any atom is 0.164 e. The second-order valence-corrected chi connectivity index (χ2v) is 5.50. The summed E-state index contributed by atoms with van der Waals surface area (Å²) in [6, 6.07) is 1.82. The Morgan fingerprint density at radius 1 is 1.28 bits per heavy atom. The fourth-order valence-corrected chi connectivity index (χ4v) is 2.75. The quantitative estimate of drug-likeness (QED) is 0.916. The van der Waals surface area contributed by atoms with E-state index in [1.807, 2.05) is 6.07 Å². The summed E-state index contributed by atoms with van der Waals surface area (Å²) in [5.41, 5.74) is 1.55. The van der Waals surface area contributed by atoms with Gasteiger partial charge in [-0.15, -0.1) is 0 Å². The third-order valence-electron chi connectivity index (χ3n) is 3.68. The Morgan fingerprint density at radius 3 is 2.67 bits per heavy atom. The fraction of sp³-hybridized carbons (Fsp3) is 0.571. The summed E-state index contributed by atoms with van der Waals surface area (Å²) in [5.74, 6) is 1.54. The van der Waals surface area contributed by atoms with Crippen LogP contribution in [0.2, 0.25) is 5.02 Å². The summed E-state index contributed by atoms with van der Waals surface area (Å²) in [4.78, 5) is 0. The van der Waals surface area contributed by atoms with E-state index in [2.05, 4.69) is 6.92 Å². The molecule has 0 aromatic heterocycles. The normalized spacial score (nSPS) is 19.7. The van der Waals surface area contributed by atoms with Crippen LogP contribution in [-0.2, 0) is 12.8 Å². The first kappa shape index (κ1) is 12.1. The number of hydrogen-bond donors (Lipinski definition) is 1. The molecule has 3 rings (SSSR count). The molecule has 4 heteroatoms. The van der Waals surface area contributed by atoms with Gasteiger partial charge in [0.15, 0.2) is 11.5 Å². The second kappa shape index (κ2) is 4.32. The number of ether oxygens (including phenoxy) is 2. The Hall–Kier alpha value is -0.930. The minimum atomic E-state index is -0.544. The first-order chi connectivity index (χ1) is 8.63. The molecule has 1 fully saturated rings. The lowest BCUT2D eigenvalue weighted by molar-refractivity contribution is 0.149. The summed E-state index contributed by atoms with van der Waals surface area (Å²) < 4.78 is 11.3. The summed E-state index contributed by atoms with van der Waals surface area (Å²) in [7, 11) is 0. The molecule has 0 atom stereocenters. The Balaban J connectivity index is 2.06. The molecule has 98 valence electrons. The van der Waals surface area contributed by atoms with Gasteiger partial charge in [-0.1, -0.05) is 18.5 Å². The van der Waals surface area contributed by atoms with Crippen LogP contribution in [0.4, 0.5) is 0 Å². The molecule has 0 saturated heterocycles. The van der Waals surface area contributed by atoms with Crippen molar-refractivity contribution in [2.24, 2.45) is 0 Å². The molecule has 1 N–H and O–H groups in total. The summed E-state index contributed by atoms with van der Waals surface area (Å²) in [6.07, 6.45) is 3.17. The van der Waals surface area contributed by atoms with Crippen LogP contribution in [0, 0.1) is 0 Å². The van der Waals surface area contributed by atoms with E-state index >= 15 is 0 Å². The first-order valence-electron chi connectivity index (χ1n) is 6.45. The van der Waals surface area contributed by atoms with E-state index < -0.39 is 5.60 Å². The largest absolute Gasteiger partial charge is 0.486 e. The highest BCUT2D eigenvalue weighted by Crippen LogP contribution is 2.45. The molecule has 0 spiro atoms. The van der Waals surface area contributed by atoms with Crippen LogP contribution >= 0.6 is 11.6 Å². The maximum absolute atomic E-state index is 10.1. The van der Waals surface area contributed by atoms with Crippen molar-refractivity contribution in [2.45, 2.75) is 38.2 Å². The highest BCUT2D eigenvalue weighted by molar-refractivity contribution is 6.31. The minimum absolute atomic E-state index is 0.544. The molecule has 1 aliphatic carbocycles. The van der Waals surface area contributed by atoms with Gasteiger partial charge in [-0.3, -0.25) is 0 Å². The second-order valence-electron chi connectivity index (χ2n) is 5.09. The van der Waals surface area contributed by atoms with E-state index in [1.165, 1.54) is 0 Å². The third kappa shape index (κ3) is 2.06. The SMILES string of the molecule is CCc1c(CC2(O)CC2)c(Cl)cc2c1OCCO2. The Morgan fingerprint density at radius 2 is 2.00 bits per heavy atom. The van der Waals surface area contributed by atoms with Crippen molar-refractivity contribution >= 4 is 11.6 Å². The third-order valence-corrected chi connectivity index (χ3v) is 4.02. The number of fused-ring (bicyclic) bond motifs is 1. The van der Waals surface area contributed by atoms with Crippen LogP contribution in [0.1, 0.15) is 30.9 Å². The average Bonchev–Trinajstić information content (AvgIpc) is 3.08. The number of rotatable bonds is 3. The molecule has 1 aliphatic heterocycles. The minimum Gasteiger partial charge on any atom is -0.486 e. The van der Waals surface area contributed by atoms with Crippen molar-refractivity contribution in [3.05, 3.63) is 22.2 Å². The average molecular weight is 269 g/mol. The van der Waals surface area contributed by atoms with Gasteiger partial charge in [0, 0.05) is 23.1 Å². The zero-order valence-corrected chi connectivity index (χ0v) is 11.2. The van der Waals surface area contributed by atoms with Crippen LogP contribution in [-0.4, -0.2) is 23.9 Å². The lowest BCUT2D eigenvalue weighted by atomic mass is 9.97. The molecule has 1 aromatic carbocycles. The van der Waals surface area contributed by atoms with E-state index in [-0.39, 0.29) is 0 Å². The van der Waals surface area contributed by atoms with Gasteiger partial charge in [0.1, 0.15) is 13.2 Å². The van der Waals surface area contributed by atoms with Gasteiger partial charge in [0.2, 0.25) is 0 Å². The van der Waals surface area contributed by atoms with E-state index in [4.69, 9.17) is 21.1 Å². The van der Waals surface area contributed by atoms with Gasteiger partial charge in [-0.05, 0) is 24.8 Å². The van der Waals surface area contributed by atoms with E-state index in [9.17, 15) is 5.11 Å². The molecule has 1 aromatic rings. The maximum atomic E-state index is 10.1. The first-order valence-corrected chi connectivity index (χ1v) is 6.83. The van der Waals surface area contributed by atoms with Crippen LogP contribution in [0.5, 0.6) is 11.5 Å². The Kier molecular flexibility index (Phi) is 2.91. The van der Waals surface area contributed by atoms with E-state index in [1.54, 1.807) is 0 Å². The van der Waals surface area contributed by atoms with Gasteiger partial charge in [-0.25, -0.2) is 0 Å². The van der Waals surface area contributed by atoms with Gasteiger partial charge in [0.25, 0.3) is 0 Å². The molecular formula is C14H17ClO3. The fourth-order valence-electron chi connectivity index (χ4n) is 2.47. The highest BCUT2D eigenvalue weighted by atomic mass is 35.5. The molecule has 0 unspecified atom stereocenters. The van der Waals surface area contributed by atoms with Crippen LogP contribution < -0.4 is 9.47 Å². The number of hydrogen-bond acceptors (Lipinski definition) is 3. The van der Waals surface area contributed by atoms with Crippen molar-refractivity contribution in [2.75, 3.05) is 13.2 Å². The molecule has 0 radical (unpaired) electrons. The topological polar surface area (TPSA) is 38.7 Å².